The second-order valence-corrected chi connectivity index (χ2v) is 6.29. The van der Waals surface area contributed by atoms with Gasteiger partial charge in [0.15, 0.2) is 0 Å². The smallest absolute Gasteiger partial charge is 0.224 e. The van der Waals surface area contributed by atoms with E-state index in [0.717, 1.165) is 36.1 Å². The summed E-state index contributed by atoms with van der Waals surface area (Å²) in [6.07, 6.45) is 5.42. The van der Waals surface area contributed by atoms with E-state index in [9.17, 15) is 4.79 Å². The first-order chi connectivity index (χ1) is 9.66. The van der Waals surface area contributed by atoms with Gasteiger partial charge < -0.3 is 10.2 Å². The molecule has 2 rings (SSSR count). The Morgan fingerprint density at radius 1 is 1.25 bits per heavy atom. The first-order valence-electron chi connectivity index (χ1n) is 7.44. The van der Waals surface area contributed by atoms with Crippen molar-refractivity contribution in [3.8, 4) is 0 Å². The molecule has 1 heterocycles. The first kappa shape index (κ1) is 15.4. The third-order valence-corrected chi connectivity index (χ3v) is 4.67. The number of aryl methyl sites for hydroxylation is 1. The first-order valence-corrected chi connectivity index (χ1v) is 8.24. The molecule has 4 heteroatoms. The Kier molecular flexibility index (Phi) is 5.89. The number of hydrogen-bond acceptors (Lipinski definition) is 2. The number of amides is 1. The number of likely N-dealkylation sites (tertiary alicyclic amines) is 1. The summed E-state index contributed by atoms with van der Waals surface area (Å²) < 4.78 is 1.11. The molecule has 3 nitrogen and oxygen atoms in total. The zero-order chi connectivity index (χ0) is 14.4. The van der Waals surface area contributed by atoms with Crippen LogP contribution in [-0.2, 0) is 4.79 Å². The van der Waals surface area contributed by atoms with Gasteiger partial charge in [-0.15, -0.1) is 0 Å². The molecule has 0 radical (unpaired) electrons. The van der Waals surface area contributed by atoms with Crippen molar-refractivity contribution in [2.75, 3.05) is 25.0 Å². The molecule has 1 saturated heterocycles. The monoisotopic (exact) mass is 338 g/mol. The van der Waals surface area contributed by atoms with Crippen LogP contribution in [-0.4, -0.2) is 30.4 Å². The largest absolute Gasteiger partial charge is 0.385 e. The molecule has 1 amide bonds. The standard InChI is InChI=1S/C16H23BrN2O/c1-13-12-14(6-7-15(13)17)18-9-8-16(20)19-10-4-2-3-5-11-19/h6-7,12,18H,2-5,8-11H2,1H3. The Labute approximate surface area is 129 Å². The van der Waals surface area contributed by atoms with E-state index >= 15 is 0 Å². The predicted molar refractivity (Wildman–Crippen MR) is 87.0 cm³/mol. The average molecular weight is 339 g/mol. The van der Waals surface area contributed by atoms with Crippen molar-refractivity contribution < 1.29 is 4.79 Å². The number of rotatable bonds is 4. The van der Waals surface area contributed by atoms with Gasteiger partial charge >= 0.3 is 0 Å². The van der Waals surface area contributed by atoms with Crippen molar-refractivity contribution in [2.45, 2.75) is 39.0 Å². The van der Waals surface area contributed by atoms with Crippen LogP contribution in [0.4, 0.5) is 5.69 Å². The van der Waals surface area contributed by atoms with Crippen LogP contribution in [0.15, 0.2) is 22.7 Å². The molecule has 0 atom stereocenters. The highest BCUT2D eigenvalue weighted by Crippen LogP contribution is 2.20. The molecule has 110 valence electrons. The topological polar surface area (TPSA) is 32.3 Å². The van der Waals surface area contributed by atoms with Gasteiger partial charge in [0.1, 0.15) is 0 Å². The normalized spacial score (nSPS) is 15.8. The van der Waals surface area contributed by atoms with E-state index in [4.69, 9.17) is 0 Å². The van der Waals surface area contributed by atoms with E-state index in [2.05, 4.69) is 34.2 Å². The lowest BCUT2D eigenvalue weighted by molar-refractivity contribution is -0.130. The van der Waals surface area contributed by atoms with Gasteiger partial charge in [-0.25, -0.2) is 0 Å². The molecule has 0 spiro atoms. The summed E-state index contributed by atoms with van der Waals surface area (Å²) in [4.78, 5) is 14.2. The Morgan fingerprint density at radius 2 is 1.95 bits per heavy atom. The number of carbonyl (C=O) groups is 1. The number of hydrogen-bond donors (Lipinski definition) is 1. The molecule has 0 unspecified atom stereocenters. The van der Waals surface area contributed by atoms with Gasteiger partial charge in [0.2, 0.25) is 5.91 Å². The summed E-state index contributed by atoms with van der Waals surface area (Å²) in [5, 5.41) is 3.33. The highest BCUT2D eigenvalue weighted by Gasteiger charge is 2.14. The molecule has 0 aliphatic carbocycles. The number of benzene rings is 1. The maximum absolute atomic E-state index is 12.1. The van der Waals surface area contributed by atoms with Crippen LogP contribution in [0, 0.1) is 6.92 Å². The fraction of sp³-hybridized carbons (Fsp3) is 0.562. The van der Waals surface area contributed by atoms with E-state index < -0.39 is 0 Å². The molecule has 1 aliphatic heterocycles. The molecule has 1 fully saturated rings. The lowest BCUT2D eigenvalue weighted by Gasteiger charge is -2.20. The van der Waals surface area contributed by atoms with Crippen LogP contribution in [0.25, 0.3) is 0 Å². The highest BCUT2D eigenvalue weighted by molar-refractivity contribution is 9.10. The van der Waals surface area contributed by atoms with E-state index in [-0.39, 0.29) is 5.91 Å². The van der Waals surface area contributed by atoms with Gasteiger partial charge in [-0.2, -0.15) is 0 Å². The second-order valence-electron chi connectivity index (χ2n) is 5.44. The Bertz CT molecular complexity index is 454. The van der Waals surface area contributed by atoms with Crippen LogP contribution in [0.5, 0.6) is 0 Å². The highest BCUT2D eigenvalue weighted by atomic mass is 79.9. The van der Waals surface area contributed by atoms with Crippen LogP contribution >= 0.6 is 15.9 Å². The van der Waals surface area contributed by atoms with Crippen LogP contribution < -0.4 is 5.32 Å². The number of anilines is 1. The zero-order valence-electron chi connectivity index (χ0n) is 12.1. The summed E-state index contributed by atoms with van der Waals surface area (Å²) in [6, 6.07) is 6.17. The third kappa shape index (κ3) is 4.51. The molecule has 1 aromatic carbocycles. The number of nitrogens with zero attached hydrogens (tertiary/aromatic N) is 1. The van der Waals surface area contributed by atoms with Crippen molar-refractivity contribution in [3.05, 3.63) is 28.2 Å². The maximum Gasteiger partial charge on any atom is 0.224 e. The van der Waals surface area contributed by atoms with Crippen molar-refractivity contribution in [1.82, 2.24) is 4.90 Å². The average Bonchev–Trinajstić information content (AvgIpc) is 2.71. The van der Waals surface area contributed by atoms with Gasteiger partial charge in [-0.3, -0.25) is 4.79 Å². The number of halogens is 1. The summed E-state index contributed by atoms with van der Waals surface area (Å²) >= 11 is 3.49. The molecule has 1 N–H and O–H groups in total. The summed E-state index contributed by atoms with van der Waals surface area (Å²) in [5.74, 6) is 0.285. The SMILES string of the molecule is Cc1cc(NCCC(=O)N2CCCCCC2)ccc1Br. The van der Waals surface area contributed by atoms with Crippen molar-refractivity contribution >= 4 is 27.5 Å². The lowest BCUT2D eigenvalue weighted by atomic mass is 10.2. The predicted octanol–water partition coefficient (Wildman–Crippen LogP) is 3.96. The quantitative estimate of drug-likeness (QED) is 0.900. The van der Waals surface area contributed by atoms with Crippen molar-refractivity contribution in [1.29, 1.82) is 0 Å². The van der Waals surface area contributed by atoms with E-state index in [1.54, 1.807) is 0 Å². The summed E-state index contributed by atoms with van der Waals surface area (Å²) in [7, 11) is 0. The molecular formula is C16H23BrN2O. The minimum atomic E-state index is 0.285. The van der Waals surface area contributed by atoms with Gasteiger partial charge in [-0.05, 0) is 43.5 Å². The lowest BCUT2D eigenvalue weighted by Crippen LogP contribution is -2.32. The van der Waals surface area contributed by atoms with Crippen LogP contribution in [0.3, 0.4) is 0 Å². The van der Waals surface area contributed by atoms with Gasteiger partial charge in [0, 0.05) is 36.2 Å². The molecular weight excluding hydrogens is 316 g/mol. The molecule has 20 heavy (non-hydrogen) atoms. The third-order valence-electron chi connectivity index (χ3n) is 3.78. The Hall–Kier alpha value is -1.03. The van der Waals surface area contributed by atoms with Crippen molar-refractivity contribution in [3.63, 3.8) is 0 Å². The second kappa shape index (κ2) is 7.67. The molecule has 0 bridgehead atoms. The zero-order valence-corrected chi connectivity index (χ0v) is 13.7. The Morgan fingerprint density at radius 3 is 2.60 bits per heavy atom. The summed E-state index contributed by atoms with van der Waals surface area (Å²) in [5.41, 5.74) is 2.28. The van der Waals surface area contributed by atoms with E-state index in [1.807, 2.05) is 17.0 Å². The fourth-order valence-electron chi connectivity index (χ4n) is 2.55. The van der Waals surface area contributed by atoms with Crippen LogP contribution in [0.2, 0.25) is 0 Å². The van der Waals surface area contributed by atoms with Gasteiger partial charge in [0.25, 0.3) is 0 Å². The van der Waals surface area contributed by atoms with Crippen molar-refractivity contribution in [2.24, 2.45) is 0 Å². The van der Waals surface area contributed by atoms with Crippen LogP contribution in [0.1, 0.15) is 37.7 Å². The van der Waals surface area contributed by atoms with Gasteiger partial charge in [0.05, 0.1) is 0 Å². The molecule has 0 aromatic heterocycles. The molecule has 0 saturated carbocycles. The number of nitrogens with one attached hydrogen (secondary N) is 1. The fourth-order valence-corrected chi connectivity index (χ4v) is 2.79. The van der Waals surface area contributed by atoms with E-state index in [1.165, 1.54) is 18.4 Å². The minimum absolute atomic E-state index is 0.285. The number of carbonyl (C=O) groups excluding carboxylic acids is 1. The molecule has 1 aromatic rings. The molecule has 1 aliphatic rings. The Balaban J connectivity index is 1.76. The van der Waals surface area contributed by atoms with E-state index in [0.29, 0.717) is 13.0 Å². The maximum atomic E-state index is 12.1. The minimum Gasteiger partial charge on any atom is -0.385 e. The van der Waals surface area contributed by atoms with Gasteiger partial charge in [-0.1, -0.05) is 28.8 Å². The summed E-state index contributed by atoms with van der Waals surface area (Å²) in [6.45, 7) is 4.65.